The van der Waals surface area contributed by atoms with Crippen LogP contribution in [-0.4, -0.2) is 21.9 Å². The molecule has 0 spiro atoms. The molecule has 1 fully saturated rings. The van der Waals surface area contributed by atoms with E-state index in [4.69, 9.17) is 17.0 Å². The van der Waals surface area contributed by atoms with Gasteiger partial charge in [-0.25, -0.2) is 0 Å². The number of nitrogens with zero attached hydrogens (tertiary/aromatic N) is 1. The lowest BCUT2D eigenvalue weighted by Crippen LogP contribution is -2.27. The lowest BCUT2D eigenvalue weighted by molar-refractivity contribution is -0.113. The van der Waals surface area contributed by atoms with Gasteiger partial charge in [-0.2, -0.15) is 0 Å². The van der Waals surface area contributed by atoms with Crippen molar-refractivity contribution in [3.05, 3.63) is 57.4 Å². The van der Waals surface area contributed by atoms with E-state index in [9.17, 15) is 9.90 Å². The number of hydrogen-bond donors (Lipinski definition) is 1. The molecule has 0 radical (unpaired) electrons. The van der Waals surface area contributed by atoms with Crippen LogP contribution in [0.2, 0.25) is 0 Å². The summed E-state index contributed by atoms with van der Waals surface area (Å²) in [5.74, 6) is 0.296. The fourth-order valence-corrected chi connectivity index (χ4v) is 3.89. The van der Waals surface area contributed by atoms with Gasteiger partial charge in [0.25, 0.3) is 5.91 Å². The summed E-state index contributed by atoms with van der Waals surface area (Å²) in [5.41, 5.74) is 1.49. The third-order valence-corrected chi connectivity index (χ3v) is 5.29. The molecule has 1 heterocycles. The summed E-state index contributed by atoms with van der Waals surface area (Å²) in [6.07, 6.45) is 1.75. The number of hydrogen-bond acceptors (Lipinski definition) is 5. The molecule has 3 rings (SSSR count). The highest BCUT2D eigenvalue weighted by Crippen LogP contribution is 2.37. The highest BCUT2D eigenvalue weighted by molar-refractivity contribution is 9.10. The zero-order chi connectivity index (χ0) is 18.0. The average molecular weight is 436 g/mol. The lowest BCUT2D eigenvalue weighted by Gasteiger charge is -2.14. The summed E-state index contributed by atoms with van der Waals surface area (Å²) in [5, 5.41) is 9.78. The van der Waals surface area contributed by atoms with Gasteiger partial charge in [0, 0.05) is 4.47 Å². The summed E-state index contributed by atoms with van der Waals surface area (Å²) < 4.78 is 6.80. The van der Waals surface area contributed by atoms with Crippen molar-refractivity contribution < 1.29 is 14.6 Å². The standard InChI is InChI=1S/C18H14BrNO3S2/c1-2-23-15-9-11(3-8-14(15)21)10-16-17(22)20(18(24)25-16)13-6-4-12(19)5-7-13/h3-10,21H,2H2,1H3/b16-10-. The van der Waals surface area contributed by atoms with E-state index in [2.05, 4.69) is 15.9 Å². The number of carbonyl (C=O) groups excluding carboxylic acids is 1. The zero-order valence-electron chi connectivity index (χ0n) is 13.2. The van der Waals surface area contributed by atoms with E-state index < -0.39 is 0 Å². The minimum absolute atomic E-state index is 0.0708. The summed E-state index contributed by atoms with van der Waals surface area (Å²) in [6, 6.07) is 12.4. The first kappa shape index (κ1) is 18.0. The minimum atomic E-state index is -0.164. The second-order valence-corrected chi connectivity index (χ2v) is 7.75. The van der Waals surface area contributed by atoms with Gasteiger partial charge in [0.2, 0.25) is 0 Å². The Kier molecular flexibility index (Phi) is 5.46. The van der Waals surface area contributed by atoms with Gasteiger partial charge in [0.15, 0.2) is 15.8 Å². The van der Waals surface area contributed by atoms with E-state index in [-0.39, 0.29) is 11.7 Å². The van der Waals surface area contributed by atoms with Crippen LogP contribution in [0, 0.1) is 0 Å². The number of halogens is 1. The molecule has 0 bridgehead atoms. The van der Waals surface area contributed by atoms with Gasteiger partial charge in [0.1, 0.15) is 0 Å². The Morgan fingerprint density at radius 3 is 2.68 bits per heavy atom. The van der Waals surface area contributed by atoms with Crippen molar-refractivity contribution in [2.75, 3.05) is 11.5 Å². The van der Waals surface area contributed by atoms with Gasteiger partial charge in [-0.3, -0.25) is 9.69 Å². The number of ether oxygens (including phenoxy) is 1. The van der Waals surface area contributed by atoms with Crippen molar-refractivity contribution in [2.24, 2.45) is 0 Å². The molecule has 1 saturated heterocycles. The molecular formula is C18H14BrNO3S2. The molecule has 1 amide bonds. The molecule has 1 aliphatic heterocycles. The highest BCUT2D eigenvalue weighted by atomic mass is 79.9. The van der Waals surface area contributed by atoms with Crippen LogP contribution in [0.5, 0.6) is 11.5 Å². The van der Waals surface area contributed by atoms with Crippen molar-refractivity contribution in [2.45, 2.75) is 6.92 Å². The van der Waals surface area contributed by atoms with E-state index in [0.29, 0.717) is 21.6 Å². The second-order valence-electron chi connectivity index (χ2n) is 5.15. The Labute approximate surface area is 163 Å². The quantitative estimate of drug-likeness (QED) is 0.543. The molecule has 0 unspecified atom stereocenters. The summed E-state index contributed by atoms with van der Waals surface area (Å²) in [7, 11) is 0. The van der Waals surface area contributed by atoms with E-state index in [1.807, 2.05) is 31.2 Å². The van der Waals surface area contributed by atoms with Crippen LogP contribution in [0.15, 0.2) is 51.8 Å². The first-order valence-electron chi connectivity index (χ1n) is 7.49. The summed E-state index contributed by atoms with van der Waals surface area (Å²) >= 11 is 10.00. The van der Waals surface area contributed by atoms with Crippen LogP contribution in [0.4, 0.5) is 5.69 Å². The second kappa shape index (κ2) is 7.59. The van der Waals surface area contributed by atoms with Crippen molar-refractivity contribution in [3.63, 3.8) is 0 Å². The fourth-order valence-electron chi connectivity index (χ4n) is 2.32. The molecule has 2 aromatic carbocycles. The fraction of sp³-hybridized carbons (Fsp3) is 0.111. The zero-order valence-corrected chi connectivity index (χ0v) is 16.5. The van der Waals surface area contributed by atoms with E-state index in [1.54, 1.807) is 24.3 Å². The number of rotatable bonds is 4. The average Bonchev–Trinajstić information content (AvgIpc) is 2.86. The van der Waals surface area contributed by atoms with Gasteiger partial charge < -0.3 is 9.84 Å². The molecule has 25 heavy (non-hydrogen) atoms. The van der Waals surface area contributed by atoms with Gasteiger partial charge >= 0.3 is 0 Å². The third-order valence-electron chi connectivity index (χ3n) is 3.46. The van der Waals surface area contributed by atoms with Gasteiger partial charge in [-0.1, -0.05) is 46.0 Å². The number of anilines is 1. The molecule has 0 atom stereocenters. The first-order valence-corrected chi connectivity index (χ1v) is 9.50. The largest absolute Gasteiger partial charge is 0.504 e. The minimum Gasteiger partial charge on any atom is -0.504 e. The maximum absolute atomic E-state index is 12.7. The van der Waals surface area contributed by atoms with E-state index >= 15 is 0 Å². The third kappa shape index (κ3) is 3.89. The topological polar surface area (TPSA) is 49.8 Å². The number of phenols is 1. The first-order chi connectivity index (χ1) is 12.0. The number of thioether (sulfide) groups is 1. The Balaban J connectivity index is 1.90. The number of phenolic OH excluding ortho intramolecular Hbond substituents is 1. The molecule has 1 aliphatic rings. The Morgan fingerprint density at radius 1 is 1.28 bits per heavy atom. The number of carbonyl (C=O) groups is 1. The Morgan fingerprint density at radius 2 is 2.00 bits per heavy atom. The molecule has 0 saturated carbocycles. The van der Waals surface area contributed by atoms with Crippen molar-refractivity contribution in [3.8, 4) is 11.5 Å². The van der Waals surface area contributed by atoms with Crippen LogP contribution >= 0.6 is 39.9 Å². The van der Waals surface area contributed by atoms with Crippen LogP contribution in [0.1, 0.15) is 12.5 Å². The predicted molar refractivity (Wildman–Crippen MR) is 109 cm³/mol. The lowest BCUT2D eigenvalue weighted by atomic mass is 10.2. The number of benzene rings is 2. The van der Waals surface area contributed by atoms with Gasteiger partial charge in [0.05, 0.1) is 17.2 Å². The van der Waals surface area contributed by atoms with E-state index in [1.165, 1.54) is 16.7 Å². The predicted octanol–water partition coefficient (Wildman–Crippen LogP) is 4.96. The van der Waals surface area contributed by atoms with Crippen molar-refractivity contribution in [1.82, 2.24) is 0 Å². The van der Waals surface area contributed by atoms with Crippen LogP contribution in [0.3, 0.4) is 0 Å². The SMILES string of the molecule is CCOc1cc(/C=C2\SC(=S)N(c3ccc(Br)cc3)C2=O)ccc1O. The number of aromatic hydroxyl groups is 1. The smallest absolute Gasteiger partial charge is 0.270 e. The number of amides is 1. The molecule has 1 N–H and O–H groups in total. The van der Waals surface area contributed by atoms with Crippen LogP contribution in [0.25, 0.3) is 6.08 Å². The van der Waals surface area contributed by atoms with Crippen LogP contribution < -0.4 is 9.64 Å². The van der Waals surface area contributed by atoms with Crippen molar-refractivity contribution in [1.29, 1.82) is 0 Å². The number of thiocarbonyl (C=S) groups is 1. The van der Waals surface area contributed by atoms with Crippen molar-refractivity contribution >= 4 is 61.9 Å². The van der Waals surface area contributed by atoms with E-state index in [0.717, 1.165) is 15.7 Å². The maximum Gasteiger partial charge on any atom is 0.270 e. The summed E-state index contributed by atoms with van der Waals surface area (Å²) in [4.78, 5) is 14.8. The molecule has 4 nitrogen and oxygen atoms in total. The molecule has 2 aromatic rings. The Hall–Kier alpha value is -1.83. The molecule has 0 aliphatic carbocycles. The normalized spacial score (nSPS) is 15.9. The molecule has 128 valence electrons. The highest BCUT2D eigenvalue weighted by Gasteiger charge is 2.33. The van der Waals surface area contributed by atoms with Gasteiger partial charge in [-0.05, 0) is 55.0 Å². The summed E-state index contributed by atoms with van der Waals surface area (Å²) in [6.45, 7) is 2.29. The van der Waals surface area contributed by atoms with Crippen LogP contribution in [-0.2, 0) is 4.79 Å². The molecule has 0 aromatic heterocycles. The monoisotopic (exact) mass is 435 g/mol. The maximum atomic E-state index is 12.7. The molecule has 7 heteroatoms. The van der Waals surface area contributed by atoms with Gasteiger partial charge in [-0.15, -0.1) is 0 Å². The Bertz CT molecular complexity index is 865. The molecular weight excluding hydrogens is 422 g/mol.